The summed E-state index contributed by atoms with van der Waals surface area (Å²) < 4.78 is 27.8. The topological polar surface area (TPSA) is 115 Å². The first-order valence-corrected chi connectivity index (χ1v) is 7.68. The molecule has 0 atom stereocenters. The fourth-order valence-electron chi connectivity index (χ4n) is 1.70. The number of carbonyl (C=O) groups excluding carboxylic acids is 1. The number of benzene rings is 1. The molecule has 1 amide bonds. The van der Waals surface area contributed by atoms with E-state index in [1.165, 1.54) is 18.2 Å². The maximum Gasteiger partial charge on any atom is 0.293 e. The van der Waals surface area contributed by atoms with Gasteiger partial charge in [-0.1, -0.05) is 11.6 Å². The molecular formula is C12H12ClN3O4S. The summed E-state index contributed by atoms with van der Waals surface area (Å²) in [6.07, 6.45) is 0. The Balaban J connectivity index is 2.35. The molecule has 0 unspecified atom stereocenters. The zero-order valence-electron chi connectivity index (χ0n) is 11.2. The van der Waals surface area contributed by atoms with Crippen LogP contribution in [-0.4, -0.2) is 19.3 Å². The maximum absolute atomic E-state index is 12.1. The Bertz CT molecular complexity index is 814. The van der Waals surface area contributed by atoms with Crippen molar-refractivity contribution in [2.45, 2.75) is 18.7 Å². The van der Waals surface area contributed by atoms with Crippen LogP contribution in [0.25, 0.3) is 0 Å². The van der Waals surface area contributed by atoms with Crippen LogP contribution >= 0.6 is 11.6 Å². The van der Waals surface area contributed by atoms with Gasteiger partial charge in [0.25, 0.3) is 5.91 Å². The molecule has 0 aliphatic carbocycles. The second kappa shape index (κ2) is 5.47. The zero-order valence-corrected chi connectivity index (χ0v) is 12.7. The molecule has 2 aromatic rings. The van der Waals surface area contributed by atoms with Crippen molar-refractivity contribution < 1.29 is 17.6 Å². The Labute approximate surface area is 126 Å². The molecule has 0 saturated heterocycles. The first-order valence-electron chi connectivity index (χ1n) is 5.76. The molecule has 0 spiro atoms. The Morgan fingerprint density at radius 3 is 2.57 bits per heavy atom. The number of primary sulfonamides is 1. The summed E-state index contributed by atoms with van der Waals surface area (Å²) in [5, 5.41) is 7.67. The molecule has 0 bridgehead atoms. The third-order valence-corrected chi connectivity index (χ3v) is 3.86. The smallest absolute Gasteiger partial charge is 0.293 e. The standard InChI is InChI=1S/C12H12ClN3O4S/c1-6-11(20-7(2)15-6)12(17)16-10-5-8(21(14,18)19)3-4-9(10)13/h3-5H,1-2H3,(H,16,17)(H2,14,18,19). The van der Waals surface area contributed by atoms with E-state index in [4.69, 9.17) is 21.2 Å². The predicted molar refractivity (Wildman–Crippen MR) is 76.8 cm³/mol. The number of oxazole rings is 1. The number of hydrogen-bond donors (Lipinski definition) is 2. The van der Waals surface area contributed by atoms with E-state index in [-0.39, 0.29) is 21.4 Å². The van der Waals surface area contributed by atoms with Crippen LogP contribution in [-0.2, 0) is 10.0 Å². The normalized spacial score (nSPS) is 11.4. The van der Waals surface area contributed by atoms with E-state index in [0.717, 1.165) is 0 Å². The Hall–Kier alpha value is -1.90. The molecular weight excluding hydrogens is 318 g/mol. The highest BCUT2D eigenvalue weighted by Gasteiger charge is 2.18. The highest BCUT2D eigenvalue weighted by molar-refractivity contribution is 7.89. The number of amides is 1. The second-order valence-corrected chi connectivity index (χ2v) is 6.26. The average molecular weight is 330 g/mol. The van der Waals surface area contributed by atoms with Gasteiger partial charge in [-0.25, -0.2) is 18.5 Å². The Morgan fingerprint density at radius 1 is 1.38 bits per heavy atom. The summed E-state index contributed by atoms with van der Waals surface area (Å²) in [7, 11) is -3.89. The first kappa shape index (κ1) is 15.5. The van der Waals surface area contributed by atoms with Crippen LogP contribution in [0.2, 0.25) is 5.02 Å². The number of aromatic nitrogens is 1. The van der Waals surface area contributed by atoms with Crippen LogP contribution in [0.4, 0.5) is 5.69 Å². The second-order valence-electron chi connectivity index (χ2n) is 4.29. The first-order chi connectivity index (χ1) is 9.68. The van der Waals surface area contributed by atoms with Gasteiger partial charge in [0, 0.05) is 6.92 Å². The molecule has 21 heavy (non-hydrogen) atoms. The summed E-state index contributed by atoms with van der Waals surface area (Å²) in [6, 6.07) is 3.75. The van der Waals surface area contributed by atoms with E-state index < -0.39 is 15.9 Å². The summed E-state index contributed by atoms with van der Waals surface area (Å²) in [6.45, 7) is 3.23. The molecule has 0 radical (unpaired) electrons. The molecule has 0 aliphatic rings. The van der Waals surface area contributed by atoms with Gasteiger partial charge in [0.2, 0.25) is 15.8 Å². The minimum Gasteiger partial charge on any atom is -0.436 e. The number of hydrogen-bond acceptors (Lipinski definition) is 5. The monoisotopic (exact) mass is 329 g/mol. The zero-order chi connectivity index (χ0) is 15.8. The lowest BCUT2D eigenvalue weighted by Gasteiger charge is -2.07. The fourth-order valence-corrected chi connectivity index (χ4v) is 2.40. The quantitative estimate of drug-likeness (QED) is 0.891. The van der Waals surface area contributed by atoms with E-state index >= 15 is 0 Å². The largest absolute Gasteiger partial charge is 0.436 e. The van der Waals surface area contributed by atoms with Crippen LogP contribution in [0.3, 0.4) is 0 Å². The van der Waals surface area contributed by atoms with Gasteiger partial charge in [-0.3, -0.25) is 4.79 Å². The van der Waals surface area contributed by atoms with Gasteiger partial charge in [0.1, 0.15) is 0 Å². The number of sulfonamides is 1. The minimum absolute atomic E-state index is 0.0320. The molecule has 0 saturated carbocycles. The van der Waals surface area contributed by atoms with E-state index in [9.17, 15) is 13.2 Å². The molecule has 1 heterocycles. The van der Waals surface area contributed by atoms with Crippen molar-refractivity contribution in [1.29, 1.82) is 0 Å². The van der Waals surface area contributed by atoms with Gasteiger partial charge in [0.05, 0.1) is 21.3 Å². The molecule has 3 N–H and O–H groups in total. The van der Waals surface area contributed by atoms with E-state index in [0.29, 0.717) is 11.6 Å². The van der Waals surface area contributed by atoms with Crippen LogP contribution in [0.15, 0.2) is 27.5 Å². The highest BCUT2D eigenvalue weighted by atomic mass is 35.5. The average Bonchev–Trinajstić information content (AvgIpc) is 2.70. The number of nitrogens with one attached hydrogen (secondary N) is 1. The van der Waals surface area contributed by atoms with Crippen LogP contribution in [0, 0.1) is 13.8 Å². The van der Waals surface area contributed by atoms with Crippen LogP contribution in [0.1, 0.15) is 22.1 Å². The summed E-state index contributed by atoms with van der Waals surface area (Å²) in [5.74, 6) is -0.201. The molecule has 2 rings (SSSR count). The number of halogens is 1. The molecule has 1 aromatic carbocycles. The molecule has 112 valence electrons. The lowest BCUT2D eigenvalue weighted by Crippen LogP contribution is -2.15. The highest BCUT2D eigenvalue weighted by Crippen LogP contribution is 2.25. The van der Waals surface area contributed by atoms with Crippen molar-refractivity contribution in [1.82, 2.24) is 4.98 Å². The van der Waals surface area contributed by atoms with Gasteiger partial charge in [0.15, 0.2) is 5.89 Å². The van der Waals surface area contributed by atoms with Gasteiger partial charge in [-0.05, 0) is 25.1 Å². The van der Waals surface area contributed by atoms with Crippen LogP contribution in [0.5, 0.6) is 0 Å². The Kier molecular flexibility index (Phi) is 4.04. The number of aryl methyl sites for hydroxylation is 2. The lowest BCUT2D eigenvalue weighted by molar-refractivity contribution is 0.0994. The molecule has 0 fully saturated rings. The fraction of sp³-hybridized carbons (Fsp3) is 0.167. The van der Waals surface area contributed by atoms with E-state index in [1.807, 2.05) is 0 Å². The minimum atomic E-state index is -3.89. The van der Waals surface area contributed by atoms with Crippen molar-refractivity contribution in [2.75, 3.05) is 5.32 Å². The number of nitrogens with two attached hydrogens (primary N) is 1. The van der Waals surface area contributed by atoms with E-state index in [2.05, 4.69) is 10.3 Å². The van der Waals surface area contributed by atoms with Gasteiger partial charge in [-0.2, -0.15) is 0 Å². The number of nitrogens with zero attached hydrogens (tertiary/aromatic N) is 1. The number of carbonyl (C=O) groups is 1. The summed E-state index contributed by atoms with van der Waals surface area (Å²) >= 11 is 5.93. The predicted octanol–water partition coefficient (Wildman–Crippen LogP) is 1.84. The number of rotatable bonds is 3. The van der Waals surface area contributed by atoms with Crippen molar-refractivity contribution >= 4 is 33.2 Å². The Morgan fingerprint density at radius 2 is 2.05 bits per heavy atom. The van der Waals surface area contributed by atoms with Crippen molar-refractivity contribution in [3.8, 4) is 0 Å². The van der Waals surface area contributed by atoms with Gasteiger partial charge < -0.3 is 9.73 Å². The molecule has 1 aromatic heterocycles. The third-order valence-electron chi connectivity index (χ3n) is 2.62. The molecule has 9 heteroatoms. The summed E-state index contributed by atoms with van der Waals surface area (Å²) in [5.41, 5.74) is 0.533. The van der Waals surface area contributed by atoms with Crippen molar-refractivity contribution in [3.63, 3.8) is 0 Å². The SMILES string of the molecule is Cc1nc(C)c(C(=O)Nc2cc(S(N)(=O)=O)ccc2Cl)o1. The van der Waals surface area contributed by atoms with E-state index in [1.54, 1.807) is 13.8 Å². The van der Waals surface area contributed by atoms with Crippen molar-refractivity contribution in [2.24, 2.45) is 5.14 Å². The number of anilines is 1. The van der Waals surface area contributed by atoms with Crippen molar-refractivity contribution in [3.05, 3.63) is 40.6 Å². The van der Waals surface area contributed by atoms with Gasteiger partial charge in [-0.15, -0.1) is 0 Å². The molecule has 7 nitrogen and oxygen atoms in total. The molecule has 0 aliphatic heterocycles. The lowest BCUT2D eigenvalue weighted by atomic mass is 10.3. The van der Waals surface area contributed by atoms with Gasteiger partial charge >= 0.3 is 0 Å². The third kappa shape index (κ3) is 3.41. The maximum atomic E-state index is 12.1. The summed E-state index contributed by atoms with van der Waals surface area (Å²) in [4.78, 5) is 15.9. The van der Waals surface area contributed by atoms with Crippen LogP contribution < -0.4 is 10.5 Å².